The summed E-state index contributed by atoms with van der Waals surface area (Å²) in [7, 11) is 5.36. The molecule has 0 bridgehead atoms. The van der Waals surface area contributed by atoms with Crippen molar-refractivity contribution < 1.29 is 28.5 Å². The Morgan fingerprint density at radius 3 is 2.28 bits per heavy atom. The van der Waals surface area contributed by atoms with E-state index >= 15 is 0 Å². The molecule has 0 aromatic heterocycles. The summed E-state index contributed by atoms with van der Waals surface area (Å²) in [6.45, 7) is 2.81. The fourth-order valence-electron chi connectivity index (χ4n) is 3.53. The first-order valence-corrected chi connectivity index (χ1v) is 9.97. The van der Waals surface area contributed by atoms with Crippen LogP contribution in [0.3, 0.4) is 0 Å². The molecule has 8 heteroatoms. The Morgan fingerprint density at radius 1 is 1.10 bits per heavy atom. The van der Waals surface area contributed by atoms with Crippen molar-refractivity contribution >= 4 is 11.9 Å². The van der Waals surface area contributed by atoms with Gasteiger partial charge in [-0.25, -0.2) is 4.79 Å². The third-order valence-corrected chi connectivity index (χ3v) is 5.13. The highest BCUT2D eigenvalue weighted by molar-refractivity contribution is 5.89. The second-order valence-corrected chi connectivity index (χ2v) is 7.70. The predicted octanol–water partition coefficient (Wildman–Crippen LogP) is 1.19. The molecular formula is C21H30N2O6. The molecule has 2 heterocycles. The first kappa shape index (κ1) is 21.5. The predicted molar refractivity (Wildman–Crippen MR) is 106 cm³/mol. The highest BCUT2D eigenvalue weighted by atomic mass is 16.6. The number of hydrogen-bond donors (Lipinski definition) is 0. The van der Waals surface area contributed by atoms with Crippen LogP contribution in [0, 0.1) is 0 Å². The molecule has 2 saturated heterocycles. The molecule has 0 spiro atoms. The number of carbonyl (C=O) groups excluding carboxylic acids is 2. The Balaban J connectivity index is 1.45. The molecule has 0 aliphatic carbocycles. The summed E-state index contributed by atoms with van der Waals surface area (Å²) in [5.41, 5.74) is 0.470. The van der Waals surface area contributed by atoms with Crippen LogP contribution in [0.5, 0.6) is 5.75 Å². The van der Waals surface area contributed by atoms with Gasteiger partial charge < -0.3 is 28.7 Å². The van der Waals surface area contributed by atoms with E-state index in [0.717, 1.165) is 13.0 Å². The minimum Gasteiger partial charge on any atom is -0.486 e. The largest absolute Gasteiger partial charge is 0.486 e. The first-order chi connectivity index (χ1) is 14.0. The Hall–Kier alpha value is -2.16. The maximum Gasteiger partial charge on any atom is 0.337 e. The smallest absolute Gasteiger partial charge is 0.337 e. The van der Waals surface area contributed by atoms with Gasteiger partial charge in [0.15, 0.2) is 0 Å². The van der Waals surface area contributed by atoms with E-state index in [-0.39, 0.29) is 30.2 Å². The van der Waals surface area contributed by atoms with Gasteiger partial charge in [0.05, 0.1) is 25.9 Å². The first-order valence-electron chi connectivity index (χ1n) is 9.97. The molecule has 2 aliphatic rings. The number of methoxy groups -OCH3 is 1. The van der Waals surface area contributed by atoms with Crippen LogP contribution in [-0.4, -0.2) is 94.0 Å². The number of carbonyl (C=O) groups is 2. The summed E-state index contributed by atoms with van der Waals surface area (Å²) in [5, 5.41) is 0. The second kappa shape index (κ2) is 10.0. The minimum atomic E-state index is -0.383. The Labute approximate surface area is 171 Å². The number of hydrogen-bond acceptors (Lipinski definition) is 7. The van der Waals surface area contributed by atoms with Gasteiger partial charge in [-0.2, -0.15) is 0 Å². The van der Waals surface area contributed by atoms with Gasteiger partial charge >= 0.3 is 5.97 Å². The maximum atomic E-state index is 12.4. The minimum absolute atomic E-state index is 0.122. The van der Waals surface area contributed by atoms with Crippen molar-refractivity contribution in [3.63, 3.8) is 0 Å². The summed E-state index contributed by atoms with van der Waals surface area (Å²) in [5.74, 6) is 0.413. The lowest BCUT2D eigenvalue weighted by atomic mass is 10.2. The molecule has 0 unspecified atom stereocenters. The fraction of sp³-hybridized carbons (Fsp3) is 0.619. The molecule has 8 nitrogen and oxygen atoms in total. The summed E-state index contributed by atoms with van der Waals surface area (Å²) in [4.78, 5) is 27.8. The van der Waals surface area contributed by atoms with E-state index in [1.165, 1.54) is 7.11 Å². The molecule has 160 valence electrons. The van der Waals surface area contributed by atoms with Gasteiger partial charge in [-0.1, -0.05) is 0 Å². The van der Waals surface area contributed by atoms with Crippen LogP contribution < -0.4 is 4.74 Å². The Bertz CT molecular complexity index is 677. The van der Waals surface area contributed by atoms with Crippen molar-refractivity contribution in [1.82, 2.24) is 9.80 Å². The van der Waals surface area contributed by atoms with Crippen LogP contribution in [-0.2, 0) is 19.0 Å². The number of amides is 1. The molecular weight excluding hydrogens is 376 g/mol. The third kappa shape index (κ3) is 5.91. The van der Waals surface area contributed by atoms with Crippen molar-refractivity contribution in [2.45, 2.75) is 31.2 Å². The molecule has 29 heavy (non-hydrogen) atoms. The van der Waals surface area contributed by atoms with Crippen LogP contribution in [0.1, 0.15) is 23.2 Å². The molecule has 0 saturated carbocycles. The van der Waals surface area contributed by atoms with Gasteiger partial charge in [0, 0.05) is 19.5 Å². The topological polar surface area (TPSA) is 77.5 Å². The molecule has 1 amide bonds. The maximum absolute atomic E-state index is 12.4. The van der Waals surface area contributed by atoms with Gasteiger partial charge in [0.1, 0.15) is 24.1 Å². The lowest BCUT2D eigenvalue weighted by Crippen LogP contribution is -2.33. The van der Waals surface area contributed by atoms with E-state index in [9.17, 15) is 9.59 Å². The average molecular weight is 406 g/mol. The zero-order chi connectivity index (χ0) is 20.8. The number of fused-ring (bicyclic) bond motifs is 1. The summed E-state index contributed by atoms with van der Waals surface area (Å²) >= 11 is 0. The van der Waals surface area contributed by atoms with E-state index in [1.807, 2.05) is 19.0 Å². The summed E-state index contributed by atoms with van der Waals surface area (Å²) in [6.07, 6.45) is 0.912. The summed E-state index contributed by atoms with van der Waals surface area (Å²) < 4.78 is 22.6. The lowest BCUT2D eigenvalue weighted by Gasteiger charge is -2.20. The normalized spacial score (nSPS) is 22.3. The SMILES string of the molecule is COC(=O)c1ccc(OC2CO[C@H]3CN(C(=O)CCCN(C)C)C[C@@H]3OC2)cc1. The Kier molecular flexibility index (Phi) is 7.46. The number of benzene rings is 1. The van der Waals surface area contributed by atoms with Gasteiger partial charge in [0.2, 0.25) is 5.91 Å². The highest BCUT2D eigenvalue weighted by Gasteiger charge is 2.39. The number of likely N-dealkylation sites (tertiary alicyclic amines) is 1. The zero-order valence-corrected chi connectivity index (χ0v) is 17.3. The number of ether oxygens (including phenoxy) is 4. The van der Waals surface area contributed by atoms with Crippen LogP contribution in [0.15, 0.2) is 24.3 Å². The fourth-order valence-corrected chi connectivity index (χ4v) is 3.53. The molecule has 2 atom stereocenters. The number of nitrogens with zero attached hydrogens (tertiary/aromatic N) is 2. The standard InChI is InChI=1S/C21H30N2O6/c1-22(2)10-4-5-20(24)23-11-18-19(12-23)28-14-17(13-27-18)29-16-8-6-15(7-9-16)21(25)26-3/h6-9,17-19H,4-5,10-14H2,1-3H3/t18-,19-/m0/s1. The highest BCUT2D eigenvalue weighted by Crippen LogP contribution is 2.23. The molecule has 2 fully saturated rings. The van der Waals surface area contributed by atoms with E-state index in [1.54, 1.807) is 24.3 Å². The number of rotatable bonds is 7. The van der Waals surface area contributed by atoms with Crippen molar-refractivity contribution in [2.75, 3.05) is 54.1 Å². The molecule has 1 aromatic rings. The van der Waals surface area contributed by atoms with Crippen LogP contribution in [0.25, 0.3) is 0 Å². The molecule has 0 radical (unpaired) electrons. The average Bonchev–Trinajstić information content (AvgIpc) is 3.04. The van der Waals surface area contributed by atoms with E-state index in [2.05, 4.69) is 4.90 Å². The summed E-state index contributed by atoms with van der Waals surface area (Å²) in [6, 6.07) is 6.78. The van der Waals surface area contributed by atoms with Crippen LogP contribution >= 0.6 is 0 Å². The van der Waals surface area contributed by atoms with E-state index in [4.69, 9.17) is 18.9 Å². The second-order valence-electron chi connectivity index (χ2n) is 7.70. The lowest BCUT2D eigenvalue weighted by molar-refractivity contribution is -0.131. The van der Waals surface area contributed by atoms with Gasteiger partial charge in [-0.05, 0) is 51.3 Å². The molecule has 2 aliphatic heterocycles. The quantitative estimate of drug-likeness (QED) is 0.630. The molecule has 1 aromatic carbocycles. The van der Waals surface area contributed by atoms with Crippen LogP contribution in [0.4, 0.5) is 0 Å². The molecule has 0 N–H and O–H groups in total. The van der Waals surface area contributed by atoms with Crippen molar-refractivity contribution in [1.29, 1.82) is 0 Å². The van der Waals surface area contributed by atoms with E-state index in [0.29, 0.717) is 44.0 Å². The van der Waals surface area contributed by atoms with Gasteiger partial charge in [0.25, 0.3) is 0 Å². The van der Waals surface area contributed by atoms with Gasteiger partial charge in [-0.3, -0.25) is 4.79 Å². The number of esters is 1. The van der Waals surface area contributed by atoms with Crippen molar-refractivity contribution in [3.8, 4) is 5.75 Å². The van der Waals surface area contributed by atoms with E-state index < -0.39 is 0 Å². The Morgan fingerprint density at radius 2 is 1.72 bits per heavy atom. The zero-order valence-electron chi connectivity index (χ0n) is 17.3. The van der Waals surface area contributed by atoms with Crippen molar-refractivity contribution in [3.05, 3.63) is 29.8 Å². The molecule has 3 rings (SSSR count). The van der Waals surface area contributed by atoms with Gasteiger partial charge in [-0.15, -0.1) is 0 Å². The third-order valence-electron chi connectivity index (χ3n) is 5.13. The van der Waals surface area contributed by atoms with Crippen molar-refractivity contribution in [2.24, 2.45) is 0 Å². The monoisotopic (exact) mass is 406 g/mol. The van der Waals surface area contributed by atoms with Crippen LogP contribution in [0.2, 0.25) is 0 Å².